The molecule has 0 aromatic carbocycles. The monoisotopic (exact) mass is 171 g/mol. The van der Waals surface area contributed by atoms with Gasteiger partial charge in [-0.3, -0.25) is 4.79 Å². The first-order valence-electron chi connectivity index (χ1n) is 3.42. The molecule has 4 heteroatoms. The summed E-state index contributed by atoms with van der Waals surface area (Å²) in [6.45, 7) is 2.78. The number of esters is 1. The molecule has 0 bridgehead atoms. The van der Waals surface area contributed by atoms with Gasteiger partial charge in [-0.25, -0.2) is 4.39 Å². The lowest BCUT2D eigenvalue weighted by atomic mass is 10.3. The average molecular weight is 171 g/mol. The third-order valence-corrected chi connectivity index (χ3v) is 1.13. The number of hydrogen-bond acceptors (Lipinski definition) is 3. The highest BCUT2D eigenvalue weighted by Gasteiger charge is 2.03. The molecule has 12 heavy (non-hydrogen) atoms. The SMILES string of the molecule is CC(C)=C(F)COC(=O)CC#N. The number of nitriles is 1. The molecular weight excluding hydrogens is 161 g/mol. The maximum Gasteiger partial charge on any atom is 0.320 e. The predicted octanol–water partition coefficient (Wildman–Crippen LogP) is 1.71. The molecule has 0 aromatic rings. The van der Waals surface area contributed by atoms with Crippen LogP contribution in [0, 0.1) is 11.3 Å². The van der Waals surface area contributed by atoms with E-state index in [0.717, 1.165) is 0 Å². The average Bonchev–Trinajstić information content (AvgIpc) is 2.00. The molecule has 0 amide bonds. The molecule has 0 saturated carbocycles. The molecule has 0 atom stereocenters. The van der Waals surface area contributed by atoms with E-state index in [1.165, 1.54) is 0 Å². The Morgan fingerprint density at radius 2 is 2.17 bits per heavy atom. The van der Waals surface area contributed by atoms with E-state index in [2.05, 4.69) is 4.74 Å². The number of ether oxygens (including phenoxy) is 1. The number of rotatable bonds is 3. The second-order valence-electron chi connectivity index (χ2n) is 2.40. The van der Waals surface area contributed by atoms with Crippen molar-refractivity contribution in [1.29, 1.82) is 5.26 Å². The smallest absolute Gasteiger partial charge is 0.320 e. The van der Waals surface area contributed by atoms with Gasteiger partial charge in [0.1, 0.15) is 18.9 Å². The molecule has 3 nitrogen and oxygen atoms in total. The summed E-state index contributed by atoms with van der Waals surface area (Å²) in [6.07, 6.45) is -0.337. The van der Waals surface area contributed by atoms with Crippen molar-refractivity contribution < 1.29 is 13.9 Å². The fourth-order valence-electron chi connectivity index (χ4n) is 0.404. The van der Waals surface area contributed by atoms with Gasteiger partial charge in [0.2, 0.25) is 0 Å². The second-order valence-corrected chi connectivity index (χ2v) is 2.40. The quantitative estimate of drug-likeness (QED) is 0.607. The van der Waals surface area contributed by atoms with E-state index >= 15 is 0 Å². The van der Waals surface area contributed by atoms with Crippen molar-refractivity contribution in [3.05, 3.63) is 11.4 Å². The van der Waals surface area contributed by atoms with Crippen LogP contribution in [-0.2, 0) is 9.53 Å². The predicted molar refractivity (Wildman–Crippen MR) is 40.7 cm³/mol. The van der Waals surface area contributed by atoms with Crippen LogP contribution in [0.4, 0.5) is 4.39 Å². The van der Waals surface area contributed by atoms with Gasteiger partial charge in [-0.15, -0.1) is 0 Å². The molecule has 0 aliphatic heterocycles. The van der Waals surface area contributed by atoms with Crippen LogP contribution in [0.1, 0.15) is 20.3 Å². The lowest BCUT2D eigenvalue weighted by Crippen LogP contribution is -2.05. The van der Waals surface area contributed by atoms with Gasteiger partial charge < -0.3 is 4.74 Å². The highest BCUT2D eigenvalue weighted by molar-refractivity contribution is 5.71. The molecule has 0 radical (unpaired) electrons. The number of carbonyl (C=O) groups is 1. The Morgan fingerprint density at radius 3 is 2.58 bits per heavy atom. The van der Waals surface area contributed by atoms with Crippen LogP contribution in [0.3, 0.4) is 0 Å². The van der Waals surface area contributed by atoms with Crippen LogP contribution in [-0.4, -0.2) is 12.6 Å². The Morgan fingerprint density at radius 1 is 1.58 bits per heavy atom. The van der Waals surface area contributed by atoms with E-state index in [1.54, 1.807) is 19.9 Å². The molecule has 0 saturated heterocycles. The maximum absolute atomic E-state index is 12.6. The molecule has 0 N–H and O–H groups in total. The van der Waals surface area contributed by atoms with Gasteiger partial charge in [0, 0.05) is 0 Å². The van der Waals surface area contributed by atoms with Gasteiger partial charge >= 0.3 is 5.97 Å². The number of nitrogens with zero attached hydrogens (tertiary/aromatic N) is 1. The van der Waals surface area contributed by atoms with Gasteiger partial charge in [0.25, 0.3) is 0 Å². The fraction of sp³-hybridized carbons (Fsp3) is 0.500. The first-order valence-corrected chi connectivity index (χ1v) is 3.42. The Hall–Kier alpha value is -1.37. The van der Waals surface area contributed by atoms with E-state index < -0.39 is 11.8 Å². The van der Waals surface area contributed by atoms with E-state index in [0.29, 0.717) is 5.57 Å². The molecule has 66 valence electrons. The second kappa shape index (κ2) is 5.30. The molecule has 0 heterocycles. The lowest BCUT2D eigenvalue weighted by Gasteiger charge is -2.00. The summed E-state index contributed by atoms with van der Waals surface area (Å²) in [7, 11) is 0. The number of halogens is 1. The molecule has 0 spiro atoms. The summed E-state index contributed by atoms with van der Waals surface area (Å²) in [5.74, 6) is -1.17. The van der Waals surface area contributed by atoms with Crippen LogP contribution in [0.15, 0.2) is 11.4 Å². The molecule has 0 unspecified atom stereocenters. The number of carbonyl (C=O) groups excluding carboxylic acids is 1. The minimum absolute atomic E-state index is 0.337. The van der Waals surface area contributed by atoms with Crippen molar-refractivity contribution in [2.75, 3.05) is 6.61 Å². The van der Waals surface area contributed by atoms with E-state index in [4.69, 9.17) is 5.26 Å². The summed E-state index contributed by atoms with van der Waals surface area (Å²) in [6, 6.07) is 1.61. The van der Waals surface area contributed by atoms with E-state index in [-0.39, 0.29) is 13.0 Å². The van der Waals surface area contributed by atoms with Crippen LogP contribution in [0.5, 0.6) is 0 Å². The van der Waals surface area contributed by atoms with Gasteiger partial charge in [-0.2, -0.15) is 5.26 Å². The minimum Gasteiger partial charge on any atom is -0.458 e. The normalized spacial score (nSPS) is 8.50. The van der Waals surface area contributed by atoms with Crippen molar-refractivity contribution in [2.24, 2.45) is 0 Å². The van der Waals surface area contributed by atoms with Crippen molar-refractivity contribution in [2.45, 2.75) is 20.3 Å². The topological polar surface area (TPSA) is 50.1 Å². The summed E-state index contributed by atoms with van der Waals surface area (Å²) < 4.78 is 17.1. The lowest BCUT2D eigenvalue weighted by molar-refractivity contribution is -0.141. The van der Waals surface area contributed by atoms with E-state index in [9.17, 15) is 9.18 Å². The van der Waals surface area contributed by atoms with Crippen molar-refractivity contribution in [1.82, 2.24) is 0 Å². The van der Waals surface area contributed by atoms with Crippen LogP contribution >= 0.6 is 0 Å². The summed E-state index contributed by atoms with van der Waals surface area (Å²) in [4.78, 5) is 10.5. The first-order chi connectivity index (χ1) is 5.57. The molecular formula is C8H10FNO2. The zero-order chi connectivity index (χ0) is 9.56. The van der Waals surface area contributed by atoms with Gasteiger partial charge in [0.05, 0.1) is 6.07 Å². The Kier molecular flexibility index (Phi) is 4.70. The molecule has 0 fully saturated rings. The molecule has 0 aliphatic rings. The highest BCUT2D eigenvalue weighted by Crippen LogP contribution is 2.04. The van der Waals surface area contributed by atoms with Crippen LogP contribution in [0.25, 0.3) is 0 Å². The number of allylic oxidation sites excluding steroid dienone is 1. The zero-order valence-electron chi connectivity index (χ0n) is 7.06. The highest BCUT2D eigenvalue weighted by atomic mass is 19.1. The van der Waals surface area contributed by atoms with Gasteiger partial charge in [-0.05, 0) is 19.4 Å². The van der Waals surface area contributed by atoms with Crippen molar-refractivity contribution in [3.8, 4) is 6.07 Å². The van der Waals surface area contributed by atoms with E-state index in [1.807, 2.05) is 0 Å². The Labute approximate surface area is 70.4 Å². The Balaban J connectivity index is 3.79. The summed E-state index contributed by atoms with van der Waals surface area (Å²) in [5, 5.41) is 8.05. The van der Waals surface area contributed by atoms with Crippen molar-refractivity contribution >= 4 is 5.97 Å². The van der Waals surface area contributed by atoms with Crippen LogP contribution < -0.4 is 0 Å². The zero-order valence-corrected chi connectivity index (χ0v) is 7.06. The maximum atomic E-state index is 12.6. The summed E-state index contributed by atoms with van der Waals surface area (Å²) in [5.41, 5.74) is 0.472. The van der Waals surface area contributed by atoms with Gasteiger partial charge in [0.15, 0.2) is 0 Å². The third kappa shape index (κ3) is 4.45. The standard InChI is InChI=1S/C8H10FNO2/c1-6(2)7(9)5-12-8(11)3-4-10/h3,5H2,1-2H3. The Bertz CT molecular complexity index is 236. The first kappa shape index (κ1) is 10.6. The number of hydrogen-bond donors (Lipinski definition) is 0. The van der Waals surface area contributed by atoms with Crippen molar-refractivity contribution in [3.63, 3.8) is 0 Å². The summed E-state index contributed by atoms with van der Waals surface area (Å²) >= 11 is 0. The fourth-order valence-corrected chi connectivity index (χ4v) is 0.404. The molecule has 0 rings (SSSR count). The minimum atomic E-state index is -0.700. The molecule has 0 aliphatic carbocycles. The third-order valence-electron chi connectivity index (χ3n) is 1.13. The largest absolute Gasteiger partial charge is 0.458 e. The van der Waals surface area contributed by atoms with Crippen LogP contribution in [0.2, 0.25) is 0 Å². The van der Waals surface area contributed by atoms with Gasteiger partial charge in [-0.1, -0.05) is 0 Å². The molecule has 0 aromatic heterocycles.